The number of benzene rings is 1. The van der Waals surface area contributed by atoms with Crippen molar-refractivity contribution < 1.29 is 9.53 Å². The summed E-state index contributed by atoms with van der Waals surface area (Å²) in [4.78, 5) is 15.4. The third kappa shape index (κ3) is 14.0. The molecule has 5 nitrogen and oxygen atoms in total. The van der Waals surface area contributed by atoms with Gasteiger partial charge >= 0.3 is 0 Å². The number of hydrogen-bond acceptors (Lipinski definition) is 5. The van der Waals surface area contributed by atoms with Gasteiger partial charge in [-0.05, 0) is 26.7 Å². The SMILES string of the molecule is CC.CC.CCCOC(C)(C)CC.NCC(=O)Nc1nc(-c2ccccc2)cs1. The van der Waals surface area contributed by atoms with Crippen molar-refractivity contribution in [3.8, 4) is 11.3 Å². The molecule has 0 atom stereocenters. The lowest BCUT2D eigenvalue weighted by Crippen LogP contribution is -2.23. The minimum absolute atomic E-state index is 0.0275. The molecule has 0 aliphatic heterocycles. The maximum atomic E-state index is 11.1. The van der Waals surface area contributed by atoms with Gasteiger partial charge in [0, 0.05) is 17.6 Å². The number of hydrogen-bond donors (Lipinski definition) is 2. The summed E-state index contributed by atoms with van der Waals surface area (Å²) in [7, 11) is 0. The number of rotatable bonds is 7. The van der Waals surface area contributed by atoms with E-state index >= 15 is 0 Å². The molecule has 1 aromatic heterocycles. The molecule has 166 valence electrons. The smallest absolute Gasteiger partial charge is 0.239 e. The van der Waals surface area contributed by atoms with Crippen LogP contribution >= 0.6 is 11.3 Å². The average Bonchev–Trinajstić information content (AvgIpc) is 3.24. The van der Waals surface area contributed by atoms with Crippen molar-refractivity contribution in [3.63, 3.8) is 0 Å². The molecular formula is C23H41N3O2S. The number of thiazole rings is 1. The Balaban J connectivity index is 0. The van der Waals surface area contributed by atoms with Crippen molar-refractivity contribution in [2.75, 3.05) is 18.5 Å². The Morgan fingerprint density at radius 2 is 1.72 bits per heavy atom. The van der Waals surface area contributed by atoms with Gasteiger partial charge in [0.05, 0.1) is 17.8 Å². The number of amides is 1. The highest BCUT2D eigenvalue weighted by Crippen LogP contribution is 2.24. The molecule has 29 heavy (non-hydrogen) atoms. The molecule has 0 unspecified atom stereocenters. The molecule has 1 aromatic carbocycles. The van der Waals surface area contributed by atoms with E-state index in [9.17, 15) is 4.79 Å². The second kappa shape index (κ2) is 18.3. The molecule has 1 amide bonds. The van der Waals surface area contributed by atoms with E-state index < -0.39 is 0 Å². The molecule has 3 N–H and O–H groups in total. The largest absolute Gasteiger partial charge is 0.376 e. The summed E-state index contributed by atoms with van der Waals surface area (Å²) in [6.45, 7) is 17.4. The number of ether oxygens (including phenoxy) is 1. The van der Waals surface area contributed by atoms with E-state index in [1.807, 2.05) is 63.4 Å². The van der Waals surface area contributed by atoms with E-state index in [0.717, 1.165) is 30.7 Å². The first-order valence-corrected chi connectivity index (χ1v) is 11.4. The van der Waals surface area contributed by atoms with Crippen LogP contribution in [0.2, 0.25) is 0 Å². The molecule has 0 aliphatic rings. The van der Waals surface area contributed by atoms with Gasteiger partial charge in [0.25, 0.3) is 0 Å². The number of nitrogens with one attached hydrogen (secondary N) is 1. The number of nitrogens with zero attached hydrogens (tertiary/aromatic N) is 1. The van der Waals surface area contributed by atoms with Crippen LogP contribution in [0, 0.1) is 0 Å². The minimum atomic E-state index is -0.228. The molecule has 2 rings (SSSR count). The summed E-state index contributed by atoms with van der Waals surface area (Å²) in [6, 6.07) is 9.81. The highest BCUT2D eigenvalue weighted by Gasteiger charge is 2.13. The topological polar surface area (TPSA) is 77.2 Å². The lowest BCUT2D eigenvalue weighted by atomic mass is 10.1. The Morgan fingerprint density at radius 1 is 1.14 bits per heavy atom. The molecule has 0 fully saturated rings. The van der Waals surface area contributed by atoms with Crippen LogP contribution in [0.3, 0.4) is 0 Å². The predicted octanol–water partition coefficient (Wildman–Crippen LogP) is 6.36. The van der Waals surface area contributed by atoms with Gasteiger partial charge in [0.15, 0.2) is 5.13 Å². The Bertz CT molecular complexity index is 628. The summed E-state index contributed by atoms with van der Waals surface area (Å²) in [5.41, 5.74) is 7.19. The van der Waals surface area contributed by atoms with Gasteiger partial charge in [0.1, 0.15) is 0 Å². The highest BCUT2D eigenvalue weighted by molar-refractivity contribution is 7.14. The Labute approximate surface area is 182 Å². The van der Waals surface area contributed by atoms with Crippen LogP contribution in [0.1, 0.15) is 68.2 Å². The average molecular weight is 424 g/mol. The lowest BCUT2D eigenvalue weighted by Gasteiger charge is -2.22. The maximum Gasteiger partial charge on any atom is 0.239 e. The molecule has 2 aromatic rings. The fourth-order valence-corrected chi connectivity index (χ4v) is 2.46. The van der Waals surface area contributed by atoms with Gasteiger partial charge in [-0.15, -0.1) is 11.3 Å². The van der Waals surface area contributed by atoms with E-state index in [1.165, 1.54) is 11.3 Å². The predicted molar refractivity (Wildman–Crippen MR) is 129 cm³/mol. The Morgan fingerprint density at radius 3 is 2.21 bits per heavy atom. The molecule has 0 bridgehead atoms. The first kappa shape index (κ1) is 29.4. The number of carbonyl (C=O) groups excluding carboxylic acids is 1. The van der Waals surface area contributed by atoms with Gasteiger partial charge in [-0.2, -0.15) is 0 Å². The van der Waals surface area contributed by atoms with Crippen LogP contribution in [0.5, 0.6) is 0 Å². The molecule has 0 radical (unpaired) electrons. The van der Waals surface area contributed by atoms with Crippen LogP contribution in [0.25, 0.3) is 11.3 Å². The van der Waals surface area contributed by atoms with Crippen LogP contribution in [0.4, 0.5) is 5.13 Å². The van der Waals surface area contributed by atoms with Crippen molar-refractivity contribution >= 4 is 22.4 Å². The van der Waals surface area contributed by atoms with Crippen molar-refractivity contribution in [1.29, 1.82) is 0 Å². The highest BCUT2D eigenvalue weighted by atomic mass is 32.1. The van der Waals surface area contributed by atoms with E-state index in [0.29, 0.717) is 5.13 Å². The van der Waals surface area contributed by atoms with Gasteiger partial charge in [-0.25, -0.2) is 4.98 Å². The fourth-order valence-electron chi connectivity index (χ4n) is 1.72. The first-order valence-electron chi connectivity index (χ1n) is 10.6. The Kier molecular flexibility index (Phi) is 18.6. The zero-order chi connectivity index (χ0) is 22.7. The molecule has 0 spiro atoms. The zero-order valence-corrected chi connectivity index (χ0v) is 20.4. The lowest BCUT2D eigenvalue weighted by molar-refractivity contribution is -0.114. The third-order valence-electron chi connectivity index (χ3n) is 3.55. The van der Waals surface area contributed by atoms with Gasteiger partial charge in [0.2, 0.25) is 5.91 Å². The van der Waals surface area contributed by atoms with Gasteiger partial charge in [-0.3, -0.25) is 4.79 Å². The summed E-state index contributed by atoms with van der Waals surface area (Å²) in [6.07, 6.45) is 2.20. The van der Waals surface area contributed by atoms with E-state index in [-0.39, 0.29) is 18.1 Å². The standard InChI is InChI=1S/C11H11N3OS.C8H18O.2C2H6/c12-6-10(15)14-11-13-9(7-16-11)8-4-2-1-3-5-8;1-5-7-9-8(3,4)6-2;2*1-2/h1-5,7H,6,12H2,(H,13,14,15);5-7H2,1-4H3;2*1-2H3. The van der Waals surface area contributed by atoms with Gasteiger partial charge in [-0.1, -0.05) is 71.9 Å². The fraction of sp³-hybridized carbons (Fsp3) is 0.565. The van der Waals surface area contributed by atoms with Crippen molar-refractivity contribution in [3.05, 3.63) is 35.7 Å². The molecule has 0 aliphatic carbocycles. The molecule has 0 saturated carbocycles. The second-order valence-corrected chi connectivity index (χ2v) is 6.98. The van der Waals surface area contributed by atoms with Crippen LogP contribution < -0.4 is 11.1 Å². The minimum Gasteiger partial charge on any atom is -0.376 e. The number of nitrogens with two attached hydrogens (primary N) is 1. The Hall–Kier alpha value is -1.76. The first-order chi connectivity index (χ1) is 13.9. The molecule has 0 saturated heterocycles. The molecule has 6 heteroatoms. The summed E-state index contributed by atoms with van der Waals surface area (Å²) in [5, 5.41) is 5.11. The molecule has 1 heterocycles. The van der Waals surface area contributed by atoms with Crippen molar-refractivity contribution in [2.45, 2.75) is 73.8 Å². The summed E-state index contributed by atoms with van der Waals surface area (Å²) >= 11 is 1.39. The van der Waals surface area contributed by atoms with Crippen LogP contribution in [-0.2, 0) is 9.53 Å². The van der Waals surface area contributed by atoms with Crippen molar-refractivity contribution in [1.82, 2.24) is 4.98 Å². The zero-order valence-electron chi connectivity index (χ0n) is 19.5. The summed E-state index contributed by atoms with van der Waals surface area (Å²) in [5.74, 6) is -0.228. The normalized spacial score (nSPS) is 9.69. The van der Waals surface area contributed by atoms with Crippen LogP contribution in [0.15, 0.2) is 35.7 Å². The van der Waals surface area contributed by atoms with Gasteiger partial charge < -0.3 is 15.8 Å². The number of carbonyl (C=O) groups is 1. The quantitative estimate of drug-likeness (QED) is 0.543. The van der Waals surface area contributed by atoms with E-state index in [1.54, 1.807) is 0 Å². The summed E-state index contributed by atoms with van der Waals surface area (Å²) < 4.78 is 5.53. The monoisotopic (exact) mass is 423 g/mol. The third-order valence-corrected chi connectivity index (χ3v) is 4.31. The number of anilines is 1. The van der Waals surface area contributed by atoms with E-state index in [2.05, 4.69) is 38.0 Å². The van der Waals surface area contributed by atoms with E-state index in [4.69, 9.17) is 10.5 Å². The molecular weight excluding hydrogens is 382 g/mol. The second-order valence-electron chi connectivity index (χ2n) is 6.12. The number of aromatic nitrogens is 1. The maximum absolute atomic E-state index is 11.1. The van der Waals surface area contributed by atoms with Crippen LogP contribution in [-0.4, -0.2) is 29.6 Å². The van der Waals surface area contributed by atoms with Crippen molar-refractivity contribution in [2.24, 2.45) is 5.73 Å².